The Hall–Kier alpha value is -2.54. The molecule has 0 unspecified atom stereocenters. The van der Waals surface area contributed by atoms with E-state index in [1.807, 2.05) is 0 Å². The van der Waals surface area contributed by atoms with Gasteiger partial charge in [0.05, 0.1) is 22.5 Å². The van der Waals surface area contributed by atoms with Crippen molar-refractivity contribution in [3.05, 3.63) is 45.8 Å². The van der Waals surface area contributed by atoms with E-state index in [2.05, 4.69) is 10.3 Å². The first-order valence-electron chi connectivity index (χ1n) is 6.73. The average molecular weight is 303 g/mol. The van der Waals surface area contributed by atoms with E-state index < -0.39 is 16.4 Å². The number of aliphatic hydroxyl groups is 1. The molecule has 0 saturated heterocycles. The van der Waals surface area contributed by atoms with Crippen molar-refractivity contribution in [3.63, 3.8) is 0 Å². The van der Waals surface area contributed by atoms with Crippen LogP contribution in [0.1, 0.15) is 30.0 Å². The van der Waals surface area contributed by atoms with Gasteiger partial charge >= 0.3 is 0 Å². The van der Waals surface area contributed by atoms with Crippen LogP contribution in [0.2, 0.25) is 0 Å². The molecule has 1 heterocycles. The monoisotopic (exact) mass is 303 g/mol. The van der Waals surface area contributed by atoms with Gasteiger partial charge in [0.2, 0.25) is 0 Å². The van der Waals surface area contributed by atoms with Crippen LogP contribution >= 0.6 is 0 Å². The number of benzene rings is 1. The molecule has 0 radical (unpaired) electrons. The predicted octanol–water partition coefficient (Wildman–Crippen LogP) is 1.95. The van der Waals surface area contributed by atoms with Crippen molar-refractivity contribution in [2.75, 3.05) is 6.61 Å². The molecule has 0 aliphatic carbocycles. The zero-order valence-electron chi connectivity index (χ0n) is 12.6. The van der Waals surface area contributed by atoms with E-state index in [-0.39, 0.29) is 18.0 Å². The normalized spacial score (nSPS) is 11.5. The lowest BCUT2D eigenvalue weighted by atomic mass is 10.0. The number of non-ortho nitro benzene ring substituents is 1. The summed E-state index contributed by atoms with van der Waals surface area (Å²) in [6, 6.07) is 6.11. The lowest BCUT2D eigenvalue weighted by Crippen LogP contribution is -2.46. The van der Waals surface area contributed by atoms with Crippen LogP contribution in [0.15, 0.2) is 24.3 Å². The van der Waals surface area contributed by atoms with E-state index in [1.54, 1.807) is 32.9 Å². The number of carbonyl (C=O) groups excluding carboxylic acids is 1. The molecule has 1 amide bonds. The summed E-state index contributed by atoms with van der Waals surface area (Å²) in [4.78, 5) is 27.3. The molecule has 0 fully saturated rings. The summed E-state index contributed by atoms with van der Waals surface area (Å²) in [7, 11) is 0. The van der Waals surface area contributed by atoms with Crippen LogP contribution in [-0.2, 0) is 0 Å². The zero-order chi connectivity index (χ0) is 16.5. The van der Waals surface area contributed by atoms with Gasteiger partial charge in [-0.1, -0.05) is 12.1 Å². The van der Waals surface area contributed by atoms with Gasteiger partial charge in [0.25, 0.3) is 11.6 Å². The van der Waals surface area contributed by atoms with Gasteiger partial charge in [-0.15, -0.1) is 0 Å². The van der Waals surface area contributed by atoms with Crippen molar-refractivity contribution in [1.82, 2.24) is 10.3 Å². The Labute approximate surface area is 127 Å². The fraction of sp³-hybridized carbons (Fsp3) is 0.333. The third kappa shape index (κ3) is 3.04. The van der Waals surface area contributed by atoms with Gasteiger partial charge in [-0.2, -0.15) is 0 Å². The van der Waals surface area contributed by atoms with Crippen LogP contribution < -0.4 is 5.32 Å². The summed E-state index contributed by atoms with van der Waals surface area (Å²) in [5, 5.41) is 23.8. The fourth-order valence-electron chi connectivity index (χ4n) is 2.13. The zero-order valence-corrected chi connectivity index (χ0v) is 12.6. The van der Waals surface area contributed by atoms with Gasteiger partial charge in [0.1, 0.15) is 5.69 Å². The molecule has 0 bridgehead atoms. The van der Waals surface area contributed by atoms with Crippen LogP contribution in [0.3, 0.4) is 0 Å². The summed E-state index contributed by atoms with van der Waals surface area (Å²) in [5.74, 6) is -0.478. The number of fused-ring (bicyclic) bond motifs is 1. The largest absolute Gasteiger partial charge is 0.394 e. The van der Waals surface area contributed by atoms with Gasteiger partial charge in [0.15, 0.2) is 0 Å². The van der Waals surface area contributed by atoms with Gasteiger partial charge in [-0.25, -0.2) is 4.98 Å². The average Bonchev–Trinajstić information content (AvgIpc) is 2.45. The van der Waals surface area contributed by atoms with E-state index in [0.717, 1.165) is 0 Å². The summed E-state index contributed by atoms with van der Waals surface area (Å²) in [6.07, 6.45) is 0. The molecular weight excluding hydrogens is 286 g/mol. The highest BCUT2D eigenvalue weighted by Gasteiger charge is 2.24. The number of aromatic nitrogens is 1. The Morgan fingerprint density at radius 2 is 2.09 bits per heavy atom. The Balaban J connectivity index is 2.62. The molecule has 0 aliphatic rings. The van der Waals surface area contributed by atoms with Crippen LogP contribution in [-0.4, -0.2) is 33.1 Å². The number of nitrogens with zero attached hydrogens (tertiary/aromatic N) is 2. The number of amides is 1. The number of nitro benzene ring substituents is 1. The maximum Gasteiger partial charge on any atom is 0.277 e. The van der Waals surface area contributed by atoms with Gasteiger partial charge in [-0.3, -0.25) is 14.9 Å². The third-order valence-electron chi connectivity index (χ3n) is 3.24. The summed E-state index contributed by atoms with van der Waals surface area (Å²) < 4.78 is 0. The number of carbonyl (C=O) groups is 1. The summed E-state index contributed by atoms with van der Waals surface area (Å²) in [6.45, 7) is 4.78. The molecule has 0 saturated carbocycles. The van der Waals surface area contributed by atoms with Crippen molar-refractivity contribution in [3.8, 4) is 0 Å². The first-order valence-corrected chi connectivity index (χ1v) is 6.73. The molecule has 7 heteroatoms. The number of nitrogens with one attached hydrogen (secondary N) is 1. The van der Waals surface area contributed by atoms with Gasteiger partial charge in [-0.05, 0) is 26.8 Å². The van der Waals surface area contributed by atoms with Crippen molar-refractivity contribution < 1.29 is 14.8 Å². The highest BCUT2D eigenvalue weighted by atomic mass is 16.6. The Kier molecular flexibility index (Phi) is 4.09. The maximum absolute atomic E-state index is 12.4. The first kappa shape index (κ1) is 15.8. The lowest BCUT2D eigenvalue weighted by molar-refractivity contribution is -0.383. The smallest absolute Gasteiger partial charge is 0.277 e. The molecule has 1 aromatic heterocycles. The molecule has 1 aromatic carbocycles. The molecule has 22 heavy (non-hydrogen) atoms. The van der Waals surface area contributed by atoms with E-state index >= 15 is 0 Å². The SMILES string of the molecule is Cc1cc2c([N+](=O)[O-])cccc2c(C(=O)NC(C)(C)CO)n1. The van der Waals surface area contributed by atoms with Crippen LogP contribution in [0.25, 0.3) is 10.8 Å². The van der Waals surface area contributed by atoms with E-state index in [9.17, 15) is 20.0 Å². The number of rotatable bonds is 4. The van der Waals surface area contributed by atoms with Crippen molar-refractivity contribution in [1.29, 1.82) is 0 Å². The second-order valence-electron chi connectivity index (χ2n) is 5.74. The van der Waals surface area contributed by atoms with Crippen molar-refractivity contribution >= 4 is 22.4 Å². The van der Waals surface area contributed by atoms with Gasteiger partial charge < -0.3 is 10.4 Å². The minimum absolute atomic E-state index is 0.0709. The molecule has 116 valence electrons. The molecule has 7 nitrogen and oxygen atoms in total. The highest BCUT2D eigenvalue weighted by Crippen LogP contribution is 2.28. The van der Waals surface area contributed by atoms with Crippen molar-refractivity contribution in [2.45, 2.75) is 26.3 Å². The van der Waals surface area contributed by atoms with Crippen molar-refractivity contribution in [2.24, 2.45) is 0 Å². The standard InChI is InChI=1S/C15H17N3O4/c1-9-7-11-10(5-4-6-12(11)18(21)22)13(16-9)14(20)17-15(2,3)8-19/h4-7,19H,8H2,1-3H3,(H,17,20). The Morgan fingerprint density at radius 1 is 1.41 bits per heavy atom. The number of pyridine rings is 1. The summed E-state index contributed by atoms with van der Waals surface area (Å²) in [5.41, 5.74) is -0.261. The Bertz CT molecular complexity index is 756. The molecule has 0 atom stereocenters. The fourth-order valence-corrected chi connectivity index (χ4v) is 2.13. The van der Waals surface area contributed by atoms with Crippen LogP contribution in [0, 0.1) is 17.0 Å². The molecule has 0 aliphatic heterocycles. The molecule has 2 aromatic rings. The predicted molar refractivity (Wildman–Crippen MR) is 81.8 cm³/mol. The minimum Gasteiger partial charge on any atom is -0.394 e. The quantitative estimate of drug-likeness (QED) is 0.663. The molecule has 2 N–H and O–H groups in total. The first-order chi connectivity index (χ1) is 10.2. The minimum atomic E-state index is -0.810. The van der Waals surface area contributed by atoms with E-state index in [1.165, 1.54) is 12.1 Å². The lowest BCUT2D eigenvalue weighted by Gasteiger charge is -2.23. The van der Waals surface area contributed by atoms with E-state index in [4.69, 9.17) is 0 Å². The number of hydrogen-bond acceptors (Lipinski definition) is 5. The Morgan fingerprint density at radius 3 is 2.68 bits per heavy atom. The number of hydrogen-bond donors (Lipinski definition) is 2. The van der Waals surface area contributed by atoms with Crippen LogP contribution in [0.5, 0.6) is 0 Å². The highest BCUT2D eigenvalue weighted by molar-refractivity contribution is 6.07. The van der Waals surface area contributed by atoms with E-state index in [0.29, 0.717) is 16.5 Å². The maximum atomic E-state index is 12.4. The molecule has 0 spiro atoms. The molecule has 2 rings (SSSR count). The van der Waals surface area contributed by atoms with Gasteiger partial charge in [0, 0.05) is 17.1 Å². The second-order valence-corrected chi connectivity index (χ2v) is 5.74. The number of nitro groups is 1. The number of aliphatic hydroxyl groups excluding tert-OH is 1. The third-order valence-corrected chi connectivity index (χ3v) is 3.24. The summed E-state index contributed by atoms with van der Waals surface area (Å²) >= 11 is 0. The topological polar surface area (TPSA) is 105 Å². The number of aryl methyl sites for hydroxylation is 1. The molecular formula is C15H17N3O4. The van der Waals surface area contributed by atoms with Crippen LogP contribution in [0.4, 0.5) is 5.69 Å². The second kappa shape index (κ2) is 5.69.